The first-order chi connectivity index (χ1) is 28.2. The van der Waals surface area contributed by atoms with Gasteiger partial charge in [-0.1, -0.05) is 140 Å². The van der Waals surface area contributed by atoms with E-state index in [4.69, 9.17) is 4.42 Å². The van der Waals surface area contributed by atoms with Crippen molar-refractivity contribution in [2.75, 3.05) is 0 Å². The first-order valence-electron chi connectivity index (χ1n) is 19.4. The quantitative estimate of drug-likeness (QED) is 0.164. The lowest BCUT2D eigenvalue weighted by atomic mass is 9.85. The zero-order chi connectivity index (χ0) is 37.2. The number of hydrogen-bond donors (Lipinski definition) is 0. The SMILES string of the molecule is c1ccc2c(-c3csc4cc5sc6cc(-c7c8ccccc8c(-c8ccc9oc%10c%11ccccc%11ccc%10c9c8)c8ccccc78)ccc6c5cc34)cccc2c1. The van der Waals surface area contributed by atoms with E-state index >= 15 is 0 Å². The van der Waals surface area contributed by atoms with Gasteiger partial charge in [-0.2, -0.15) is 0 Å². The Bertz CT molecular complexity index is 3760. The lowest BCUT2D eigenvalue weighted by Gasteiger charge is -2.18. The lowest BCUT2D eigenvalue weighted by molar-refractivity contribution is 0.672. The van der Waals surface area contributed by atoms with E-state index < -0.39 is 0 Å². The average molecular weight is 759 g/mol. The van der Waals surface area contributed by atoms with Crippen LogP contribution in [0.15, 0.2) is 186 Å². The van der Waals surface area contributed by atoms with Crippen LogP contribution < -0.4 is 0 Å². The molecule has 0 amide bonds. The third-order valence-corrected chi connectivity index (χ3v) is 14.2. The summed E-state index contributed by atoms with van der Waals surface area (Å²) in [6.45, 7) is 0. The van der Waals surface area contributed by atoms with Gasteiger partial charge in [-0.25, -0.2) is 0 Å². The van der Waals surface area contributed by atoms with Crippen molar-refractivity contribution in [2.24, 2.45) is 0 Å². The molecule has 0 saturated heterocycles. The summed E-state index contributed by atoms with van der Waals surface area (Å²) in [5.74, 6) is 0. The smallest absolute Gasteiger partial charge is 0.143 e. The molecule has 57 heavy (non-hydrogen) atoms. The van der Waals surface area contributed by atoms with Crippen molar-refractivity contribution in [3.63, 3.8) is 0 Å². The summed E-state index contributed by atoms with van der Waals surface area (Å²) >= 11 is 3.75. The van der Waals surface area contributed by atoms with Gasteiger partial charge in [0.2, 0.25) is 0 Å². The third kappa shape index (κ3) is 4.56. The van der Waals surface area contributed by atoms with Crippen LogP contribution in [-0.4, -0.2) is 0 Å². The molecular weight excluding hydrogens is 729 g/mol. The Morgan fingerprint density at radius 1 is 0.333 bits per heavy atom. The molecule has 0 unspecified atom stereocenters. The van der Waals surface area contributed by atoms with E-state index in [1.807, 2.05) is 22.7 Å². The van der Waals surface area contributed by atoms with Crippen molar-refractivity contribution < 1.29 is 4.42 Å². The van der Waals surface area contributed by atoms with Gasteiger partial charge in [0, 0.05) is 52.0 Å². The van der Waals surface area contributed by atoms with Gasteiger partial charge in [0.1, 0.15) is 11.2 Å². The fraction of sp³-hybridized carbons (Fsp3) is 0. The molecule has 0 aliphatic rings. The van der Waals surface area contributed by atoms with Gasteiger partial charge in [-0.15, -0.1) is 22.7 Å². The van der Waals surface area contributed by atoms with Gasteiger partial charge in [-0.05, 0) is 107 Å². The number of hydrogen-bond acceptors (Lipinski definition) is 3. The number of furan rings is 1. The molecule has 0 spiro atoms. The predicted molar refractivity (Wildman–Crippen MR) is 248 cm³/mol. The average Bonchev–Trinajstić information content (AvgIpc) is 3.97. The molecular formula is C54H30OS2. The first kappa shape index (κ1) is 31.4. The molecule has 0 bridgehead atoms. The minimum atomic E-state index is 0.914. The maximum absolute atomic E-state index is 6.53. The van der Waals surface area contributed by atoms with E-state index in [-0.39, 0.29) is 0 Å². The lowest BCUT2D eigenvalue weighted by Crippen LogP contribution is -1.90. The normalized spacial score (nSPS) is 12.2. The molecule has 0 N–H and O–H groups in total. The molecule has 0 fully saturated rings. The molecule has 0 atom stereocenters. The standard InChI is InChI=1S/C54H30OS2/c1-3-13-35-31(10-1)12-9-19-37(35)47-30-56-49-29-51-45(28-46(47)49)38-23-21-34(27-50(38)57-51)53-41-17-7-5-15-39(41)52(40-16-6-8-18-42(40)53)33-22-25-48-44(26-33)43-24-20-32-11-2-4-14-36(32)54(43)55-48/h1-30H. The highest BCUT2D eigenvalue weighted by atomic mass is 32.1. The molecule has 13 rings (SSSR count). The highest BCUT2D eigenvalue weighted by Gasteiger charge is 2.20. The van der Waals surface area contributed by atoms with Crippen LogP contribution in [0.2, 0.25) is 0 Å². The Hall–Kier alpha value is -6.78. The maximum atomic E-state index is 6.53. The van der Waals surface area contributed by atoms with Gasteiger partial charge in [0.15, 0.2) is 0 Å². The molecule has 3 heterocycles. The summed E-state index contributed by atoms with van der Waals surface area (Å²) in [7, 11) is 0. The molecule has 0 radical (unpaired) electrons. The predicted octanol–water partition coefficient (Wildman–Crippen LogP) is 16.8. The Kier molecular flexibility index (Phi) is 6.54. The third-order valence-electron chi connectivity index (χ3n) is 12.1. The van der Waals surface area contributed by atoms with Crippen molar-refractivity contribution in [3.05, 3.63) is 181 Å². The molecule has 10 aromatic carbocycles. The van der Waals surface area contributed by atoms with Gasteiger partial charge in [0.25, 0.3) is 0 Å². The van der Waals surface area contributed by atoms with Gasteiger partial charge >= 0.3 is 0 Å². The van der Waals surface area contributed by atoms with E-state index in [9.17, 15) is 0 Å². The van der Waals surface area contributed by atoms with E-state index in [0.29, 0.717) is 0 Å². The van der Waals surface area contributed by atoms with Crippen LogP contribution >= 0.6 is 22.7 Å². The Balaban J connectivity index is 1.00. The van der Waals surface area contributed by atoms with E-state index in [2.05, 4.69) is 181 Å². The van der Waals surface area contributed by atoms with Gasteiger partial charge in [-0.3, -0.25) is 0 Å². The largest absolute Gasteiger partial charge is 0.455 e. The molecule has 3 heteroatoms. The maximum Gasteiger partial charge on any atom is 0.143 e. The van der Waals surface area contributed by atoms with Crippen molar-refractivity contribution in [2.45, 2.75) is 0 Å². The van der Waals surface area contributed by atoms with Crippen molar-refractivity contribution in [1.82, 2.24) is 0 Å². The molecule has 0 aliphatic heterocycles. The number of fused-ring (bicyclic) bond motifs is 12. The number of thiophene rings is 2. The summed E-state index contributed by atoms with van der Waals surface area (Å²) < 4.78 is 10.5. The Morgan fingerprint density at radius 3 is 1.68 bits per heavy atom. The molecule has 13 aromatic rings. The molecule has 1 nitrogen and oxygen atoms in total. The van der Waals surface area contributed by atoms with Crippen LogP contribution in [-0.2, 0) is 0 Å². The second-order valence-electron chi connectivity index (χ2n) is 15.2. The zero-order valence-corrected chi connectivity index (χ0v) is 32.2. The fourth-order valence-corrected chi connectivity index (χ4v) is 11.8. The fourth-order valence-electron chi connectivity index (χ4n) is 9.53. The topological polar surface area (TPSA) is 13.1 Å². The van der Waals surface area contributed by atoms with Crippen LogP contribution in [0.25, 0.3) is 129 Å². The van der Waals surface area contributed by atoms with Gasteiger partial charge < -0.3 is 4.42 Å². The number of rotatable bonds is 3. The Morgan fingerprint density at radius 2 is 0.930 bits per heavy atom. The van der Waals surface area contributed by atoms with Crippen LogP contribution in [0.4, 0.5) is 0 Å². The highest BCUT2D eigenvalue weighted by molar-refractivity contribution is 7.26. The summed E-state index contributed by atoms with van der Waals surface area (Å²) in [5, 5.41) is 18.5. The Labute approximate surface area is 335 Å². The first-order valence-corrected chi connectivity index (χ1v) is 21.1. The second kappa shape index (κ2) is 11.9. The minimum absolute atomic E-state index is 0.914. The molecule has 0 aliphatic carbocycles. The summed E-state index contributed by atoms with van der Waals surface area (Å²) in [5.41, 5.74) is 9.46. The summed E-state index contributed by atoms with van der Waals surface area (Å²) in [6, 6.07) is 64.9. The molecule has 0 saturated carbocycles. The van der Waals surface area contributed by atoms with E-state index in [1.165, 1.54) is 101 Å². The molecule has 264 valence electrons. The van der Waals surface area contributed by atoms with Crippen molar-refractivity contribution in [3.8, 4) is 33.4 Å². The number of benzene rings is 10. The highest BCUT2D eigenvalue weighted by Crippen LogP contribution is 2.48. The van der Waals surface area contributed by atoms with E-state index in [0.717, 1.165) is 27.3 Å². The van der Waals surface area contributed by atoms with E-state index in [1.54, 1.807) is 0 Å². The van der Waals surface area contributed by atoms with Crippen LogP contribution in [0.3, 0.4) is 0 Å². The monoisotopic (exact) mass is 758 g/mol. The van der Waals surface area contributed by atoms with Crippen LogP contribution in [0, 0.1) is 0 Å². The van der Waals surface area contributed by atoms with Crippen molar-refractivity contribution in [1.29, 1.82) is 0 Å². The van der Waals surface area contributed by atoms with Gasteiger partial charge in [0.05, 0.1) is 0 Å². The van der Waals surface area contributed by atoms with Crippen LogP contribution in [0.5, 0.6) is 0 Å². The zero-order valence-electron chi connectivity index (χ0n) is 30.5. The minimum Gasteiger partial charge on any atom is -0.455 e. The van der Waals surface area contributed by atoms with Crippen molar-refractivity contribution >= 4 is 118 Å². The molecule has 3 aromatic heterocycles. The summed E-state index contributed by atoms with van der Waals surface area (Å²) in [6.07, 6.45) is 0. The van der Waals surface area contributed by atoms with Crippen LogP contribution in [0.1, 0.15) is 0 Å². The second-order valence-corrected chi connectivity index (χ2v) is 17.1. The summed E-state index contributed by atoms with van der Waals surface area (Å²) in [4.78, 5) is 0.